The van der Waals surface area contributed by atoms with Crippen LogP contribution in [-0.2, 0) is 4.79 Å². The third kappa shape index (κ3) is 3.92. The lowest BCUT2D eigenvalue weighted by atomic mass is 10.1. The number of nitrogens with one attached hydrogen (secondary N) is 2. The van der Waals surface area contributed by atoms with Crippen molar-refractivity contribution in [1.29, 1.82) is 0 Å². The minimum absolute atomic E-state index is 0.0824. The third-order valence-electron chi connectivity index (χ3n) is 3.37. The van der Waals surface area contributed by atoms with Crippen molar-refractivity contribution in [3.8, 4) is 0 Å². The maximum Gasteiger partial charge on any atom is 0.242 e. The predicted molar refractivity (Wildman–Crippen MR) is 76.7 cm³/mol. The highest BCUT2D eigenvalue weighted by atomic mass is 19.1. The molecule has 0 heterocycles. The first-order chi connectivity index (χ1) is 9.40. The molecule has 0 fully saturated rings. The van der Waals surface area contributed by atoms with Crippen molar-refractivity contribution >= 4 is 11.6 Å². The van der Waals surface area contributed by atoms with Gasteiger partial charge in [-0.15, -0.1) is 0 Å². The first kappa shape index (κ1) is 16.4. The summed E-state index contributed by atoms with van der Waals surface area (Å²) in [4.78, 5) is 12.0. The van der Waals surface area contributed by atoms with Gasteiger partial charge in [0, 0.05) is 6.04 Å². The van der Waals surface area contributed by atoms with Gasteiger partial charge in [-0.05, 0) is 38.3 Å². The summed E-state index contributed by atoms with van der Waals surface area (Å²) in [6.07, 6.45) is 1.64. The van der Waals surface area contributed by atoms with Gasteiger partial charge in [-0.25, -0.2) is 8.78 Å². The van der Waals surface area contributed by atoms with Crippen LogP contribution in [0.15, 0.2) is 12.1 Å². The van der Waals surface area contributed by atoms with Crippen molar-refractivity contribution < 1.29 is 13.6 Å². The molecule has 0 aromatic heterocycles. The molecule has 0 aliphatic carbocycles. The van der Waals surface area contributed by atoms with E-state index in [1.165, 1.54) is 12.1 Å². The van der Waals surface area contributed by atoms with E-state index < -0.39 is 17.7 Å². The smallest absolute Gasteiger partial charge is 0.242 e. The number of halogens is 2. The van der Waals surface area contributed by atoms with E-state index in [0.29, 0.717) is 5.56 Å². The molecular formula is C15H22F2N2O. The SMILES string of the molecule is CCC(CC)NC(=O)C(C)Nc1c(F)ccc(C)c1F. The van der Waals surface area contributed by atoms with Crippen LogP contribution in [0.4, 0.5) is 14.5 Å². The Morgan fingerprint density at radius 3 is 2.40 bits per heavy atom. The summed E-state index contributed by atoms with van der Waals surface area (Å²) in [5.74, 6) is -1.62. The number of carbonyl (C=O) groups excluding carboxylic acids is 1. The highest BCUT2D eigenvalue weighted by Gasteiger charge is 2.19. The van der Waals surface area contributed by atoms with E-state index in [9.17, 15) is 13.6 Å². The van der Waals surface area contributed by atoms with Crippen molar-refractivity contribution in [1.82, 2.24) is 5.32 Å². The first-order valence-corrected chi connectivity index (χ1v) is 6.92. The molecule has 0 radical (unpaired) electrons. The Balaban J connectivity index is 2.78. The highest BCUT2D eigenvalue weighted by molar-refractivity contribution is 5.84. The molecule has 1 unspecified atom stereocenters. The topological polar surface area (TPSA) is 41.1 Å². The summed E-state index contributed by atoms with van der Waals surface area (Å²) in [6, 6.07) is 1.93. The van der Waals surface area contributed by atoms with E-state index in [4.69, 9.17) is 0 Å². The zero-order valence-corrected chi connectivity index (χ0v) is 12.4. The monoisotopic (exact) mass is 284 g/mol. The van der Waals surface area contributed by atoms with Crippen LogP contribution in [0.3, 0.4) is 0 Å². The predicted octanol–water partition coefficient (Wildman–Crippen LogP) is 3.38. The number of aryl methyl sites for hydroxylation is 1. The van der Waals surface area contributed by atoms with Gasteiger partial charge in [0.25, 0.3) is 0 Å². The van der Waals surface area contributed by atoms with Crippen LogP contribution in [0.5, 0.6) is 0 Å². The normalized spacial score (nSPS) is 12.3. The Morgan fingerprint density at radius 1 is 1.25 bits per heavy atom. The van der Waals surface area contributed by atoms with Crippen molar-refractivity contribution in [2.24, 2.45) is 0 Å². The Hall–Kier alpha value is -1.65. The van der Waals surface area contributed by atoms with E-state index in [2.05, 4.69) is 10.6 Å². The van der Waals surface area contributed by atoms with E-state index in [-0.39, 0.29) is 17.6 Å². The molecule has 0 spiro atoms. The molecule has 0 saturated carbocycles. The lowest BCUT2D eigenvalue weighted by Crippen LogP contribution is -2.43. The molecule has 1 aromatic carbocycles. The van der Waals surface area contributed by atoms with Gasteiger partial charge in [-0.1, -0.05) is 19.9 Å². The summed E-state index contributed by atoms with van der Waals surface area (Å²) in [7, 11) is 0. The fourth-order valence-electron chi connectivity index (χ4n) is 1.89. The average Bonchev–Trinajstić information content (AvgIpc) is 2.44. The van der Waals surface area contributed by atoms with Crippen molar-refractivity contribution in [2.75, 3.05) is 5.32 Å². The second kappa shape index (κ2) is 7.22. The Kier molecular flexibility index (Phi) is 5.92. The molecule has 0 saturated heterocycles. The zero-order chi connectivity index (χ0) is 15.3. The molecule has 5 heteroatoms. The van der Waals surface area contributed by atoms with Crippen molar-refractivity contribution in [3.05, 3.63) is 29.3 Å². The van der Waals surface area contributed by atoms with Gasteiger partial charge in [0.1, 0.15) is 17.5 Å². The summed E-state index contributed by atoms with van der Waals surface area (Å²) >= 11 is 0. The molecule has 3 nitrogen and oxygen atoms in total. The highest BCUT2D eigenvalue weighted by Crippen LogP contribution is 2.22. The molecule has 112 valence electrons. The van der Waals surface area contributed by atoms with E-state index in [1.807, 2.05) is 13.8 Å². The van der Waals surface area contributed by atoms with E-state index in [1.54, 1.807) is 13.8 Å². The number of hydrogen-bond acceptors (Lipinski definition) is 2. The summed E-state index contributed by atoms with van der Waals surface area (Å²) in [5, 5.41) is 5.45. The van der Waals surface area contributed by atoms with Crippen LogP contribution in [0.2, 0.25) is 0 Å². The summed E-state index contributed by atoms with van der Waals surface area (Å²) in [5.41, 5.74) is 0.0821. The van der Waals surface area contributed by atoms with E-state index in [0.717, 1.165) is 12.8 Å². The van der Waals surface area contributed by atoms with Crippen LogP contribution in [0.25, 0.3) is 0 Å². The lowest BCUT2D eigenvalue weighted by Gasteiger charge is -2.20. The standard InChI is InChI=1S/C15H22F2N2O/c1-5-11(6-2)19-15(20)10(4)18-14-12(16)8-7-9(3)13(14)17/h7-8,10-11,18H,5-6H2,1-4H3,(H,19,20). The molecule has 0 aliphatic rings. The minimum Gasteiger partial charge on any atom is -0.369 e. The molecule has 0 bridgehead atoms. The quantitative estimate of drug-likeness (QED) is 0.841. The van der Waals surface area contributed by atoms with Gasteiger partial charge in [-0.3, -0.25) is 4.79 Å². The number of benzene rings is 1. The van der Waals surface area contributed by atoms with Crippen molar-refractivity contribution in [2.45, 2.75) is 52.6 Å². The molecule has 1 rings (SSSR count). The first-order valence-electron chi connectivity index (χ1n) is 6.92. The maximum absolute atomic E-state index is 13.8. The third-order valence-corrected chi connectivity index (χ3v) is 3.37. The van der Waals surface area contributed by atoms with Crippen molar-refractivity contribution in [3.63, 3.8) is 0 Å². The molecular weight excluding hydrogens is 262 g/mol. The van der Waals surface area contributed by atoms with Crippen LogP contribution in [0.1, 0.15) is 39.2 Å². The minimum atomic E-state index is -0.707. The lowest BCUT2D eigenvalue weighted by molar-refractivity contribution is -0.122. The Morgan fingerprint density at radius 2 is 1.85 bits per heavy atom. The second-order valence-corrected chi connectivity index (χ2v) is 4.94. The molecule has 1 amide bonds. The largest absolute Gasteiger partial charge is 0.369 e. The van der Waals surface area contributed by atoms with Gasteiger partial charge in [-0.2, -0.15) is 0 Å². The molecule has 2 N–H and O–H groups in total. The summed E-state index contributed by atoms with van der Waals surface area (Å²) < 4.78 is 27.5. The number of hydrogen-bond donors (Lipinski definition) is 2. The molecule has 20 heavy (non-hydrogen) atoms. The maximum atomic E-state index is 13.8. The average molecular weight is 284 g/mol. The number of anilines is 1. The number of carbonyl (C=O) groups is 1. The molecule has 0 aliphatic heterocycles. The van der Waals surface area contributed by atoms with Gasteiger partial charge >= 0.3 is 0 Å². The van der Waals surface area contributed by atoms with Crippen LogP contribution < -0.4 is 10.6 Å². The van der Waals surface area contributed by atoms with Gasteiger partial charge in [0.2, 0.25) is 5.91 Å². The fraction of sp³-hybridized carbons (Fsp3) is 0.533. The molecule has 1 aromatic rings. The van der Waals surface area contributed by atoms with Crippen LogP contribution >= 0.6 is 0 Å². The van der Waals surface area contributed by atoms with E-state index >= 15 is 0 Å². The Bertz CT molecular complexity index is 473. The van der Waals surface area contributed by atoms with Crippen LogP contribution in [-0.4, -0.2) is 18.0 Å². The summed E-state index contributed by atoms with van der Waals surface area (Å²) in [6.45, 7) is 7.09. The Labute approximate surface area is 118 Å². The zero-order valence-electron chi connectivity index (χ0n) is 12.4. The molecule has 1 atom stereocenters. The van der Waals surface area contributed by atoms with Crippen LogP contribution in [0, 0.1) is 18.6 Å². The van der Waals surface area contributed by atoms with Gasteiger partial charge in [0.15, 0.2) is 5.82 Å². The number of rotatable bonds is 6. The van der Waals surface area contributed by atoms with Gasteiger partial charge in [0.05, 0.1) is 0 Å². The second-order valence-electron chi connectivity index (χ2n) is 4.94. The number of amides is 1. The van der Waals surface area contributed by atoms with Gasteiger partial charge < -0.3 is 10.6 Å². The fourth-order valence-corrected chi connectivity index (χ4v) is 1.89.